The molecule has 0 fully saturated rings. The first-order valence-corrected chi connectivity index (χ1v) is 8.87. The molecule has 2 aromatic carbocycles. The Labute approximate surface area is 154 Å². The van der Waals surface area contributed by atoms with Crippen LogP contribution in [0.25, 0.3) is 10.1 Å². The molecule has 25 heavy (non-hydrogen) atoms. The number of rotatable bonds is 5. The van der Waals surface area contributed by atoms with E-state index in [1.807, 2.05) is 24.3 Å². The van der Waals surface area contributed by atoms with E-state index in [9.17, 15) is 9.59 Å². The first-order chi connectivity index (χ1) is 12.0. The van der Waals surface area contributed by atoms with E-state index in [-0.39, 0.29) is 12.3 Å². The summed E-state index contributed by atoms with van der Waals surface area (Å²) in [4.78, 5) is 25.3. The first kappa shape index (κ1) is 17.5. The van der Waals surface area contributed by atoms with Crippen LogP contribution in [0.3, 0.4) is 0 Å². The number of thiol groups is 1. The van der Waals surface area contributed by atoms with Gasteiger partial charge < -0.3 is 5.32 Å². The van der Waals surface area contributed by atoms with Crippen LogP contribution in [0.2, 0.25) is 0 Å². The molecular weight excluding hydrogens is 356 g/mol. The number of aryl methyl sites for hydroxylation is 1. The van der Waals surface area contributed by atoms with Crippen molar-refractivity contribution in [2.24, 2.45) is 0 Å². The molecule has 1 aromatic heterocycles. The van der Waals surface area contributed by atoms with Crippen LogP contribution in [0.4, 0.5) is 5.69 Å². The lowest BCUT2D eigenvalue weighted by Gasteiger charge is -2.05. The average molecular weight is 372 g/mol. The molecule has 0 spiro atoms. The maximum Gasteiger partial charge on any atom is 0.255 e. The van der Waals surface area contributed by atoms with E-state index in [4.69, 9.17) is 5.21 Å². The minimum absolute atomic E-state index is 0.178. The van der Waals surface area contributed by atoms with Crippen molar-refractivity contribution >= 4 is 51.6 Å². The van der Waals surface area contributed by atoms with Gasteiger partial charge in [0, 0.05) is 32.1 Å². The SMILES string of the molecule is O=C(CCc1cc2cc(NC(=O)c3ccc(S)cc3)ccc2s1)NO. The maximum absolute atomic E-state index is 12.3. The van der Waals surface area contributed by atoms with Crippen molar-refractivity contribution in [3.63, 3.8) is 0 Å². The van der Waals surface area contributed by atoms with E-state index in [1.54, 1.807) is 41.1 Å². The van der Waals surface area contributed by atoms with Crippen LogP contribution in [0.5, 0.6) is 0 Å². The van der Waals surface area contributed by atoms with Gasteiger partial charge in [0.25, 0.3) is 5.91 Å². The van der Waals surface area contributed by atoms with Gasteiger partial charge in [-0.1, -0.05) is 0 Å². The summed E-state index contributed by atoms with van der Waals surface area (Å²) in [7, 11) is 0. The molecule has 0 bridgehead atoms. The lowest BCUT2D eigenvalue weighted by Crippen LogP contribution is -2.18. The number of benzene rings is 2. The second kappa shape index (κ2) is 7.69. The van der Waals surface area contributed by atoms with Gasteiger partial charge in [0.2, 0.25) is 5.91 Å². The number of nitrogens with one attached hydrogen (secondary N) is 2. The van der Waals surface area contributed by atoms with Crippen LogP contribution in [-0.4, -0.2) is 17.0 Å². The lowest BCUT2D eigenvalue weighted by atomic mass is 10.2. The fourth-order valence-corrected chi connectivity index (χ4v) is 3.60. The lowest BCUT2D eigenvalue weighted by molar-refractivity contribution is -0.129. The van der Waals surface area contributed by atoms with Gasteiger partial charge >= 0.3 is 0 Å². The second-order valence-electron chi connectivity index (χ2n) is 5.50. The number of amides is 2. The zero-order valence-corrected chi connectivity index (χ0v) is 14.9. The second-order valence-corrected chi connectivity index (χ2v) is 7.19. The Morgan fingerprint density at radius 1 is 1.08 bits per heavy atom. The summed E-state index contributed by atoms with van der Waals surface area (Å²) < 4.78 is 1.08. The van der Waals surface area contributed by atoms with Crippen LogP contribution in [0, 0.1) is 0 Å². The standard InChI is InChI=1S/C18H16N2O3S2/c21-17(20-23)8-6-15-10-12-9-13(3-7-16(12)25-15)19-18(22)11-1-4-14(24)5-2-11/h1-5,7,9-10,23-24H,6,8H2,(H,19,22)(H,20,21). The third kappa shape index (κ3) is 4.39. The van der Waals surface area contributed by atoms with E-state index in [0.29, 0.717) is 17.7 Å². The zero-order chi connectivity index (χ0) is 17.8. The topological polar surface area (TPSA) is 78.4 Å². The van der Waals surface area contributed by atoms with E-state index in [1.165, 1.54) is 0 Å². The summed E-state index contributed by atoms with van der Waals surface area (Å²) in [5, 5.41) is 12.4. The number of hydroxylamine groups is 1. The Kier molecular flexibility index (Phi) is 5.37. The van der Waals surface area contributed by atoms with Crippen molar-refractivity contribution in [3.8, 4) is 0 Å². The van der Waals surface area contributed by atoms with E-state index < -0.39 is 5.91 Å². The molecule has 0 unspecified atom stereocenters. The molecular formula is C18H16N2O3S2. The Bertz CT molecular complexity index is 920. The van der Waals surface area contributed by atoms with Crippen molar-refractivity contribution in [2.45, 2.75) is 17.7 Å². The summed E-state index contributed by atoms with van der Waals surface area (Å²) >= 11 is 5.80. The van der Waals surface area contributed by atoms with Gasteiger partial charge in [-0.15, -0.1) is 24.0 Å². The van der Waals surface area contributed by atoms with Crippen LogP contribution in [-0.2, 0) is 11.2 Å². The molecule has 5 nitrogen and oxygen atoms in total. The fourth-order valence-electron chi connectivity index (χ4n) is 2.41. The predicted octanol–water partition coefficient (Wildman–Crippen LogP) is 3.88. The number of fused-ring (bicyclic) bond motifs is 1. The average Bonchev–Trinajstić information content (AvgIpc) is 3.02. The van der Waals surface area contributed by atoms with Gasteiger partial charge in [-0.05, 0) is 60.3 Å². The molecule has 0 aliphatic carbocycles. The highest BCUT2D eigenvalue weighted by Crippen LogP contribution is 2.29. The summed E-state index contributed by atoms with van der Waals surface area (Å²) in [6.07, 6.45) is 0.789. The number of hydrogen-bond donors (Lipinski definition) is 4. The highest BCUT2D eigenvalue weighted by Gasteiger charge is 2.09. The molecule has 0 saturated carbocycles. The van der Waals surface area contributed by atoms with Crippen LogP contribution in [0.15, 0.2) is 53.4 Å². The fraction of sp³-hybridized carbons (Fsp3) is 0.111. The van der Waals surface area contributed by atoms with E-state index >= 15 is 0 Å². The molecule has 3 aromatic rings. The molecule has 0 aliphatic heterocycles. The number of anilines is 1. The van der Waals surface area contributed by atoms with Crippen LogP contribution < -0.4 is 10.8 Å². The summed E-state index contributed by atoms with van der Waals surface area (Å²) in [5.74, 6) is -0.583. The van der Waals surface area contributed by atoms with Crippen molar-refractivity contribution in [1.82, 2.24) is 5.48 Å². The molecule has 0 saturated heterocycles. The summed E-state index contributed by atoms with van der Waals surface area (Å²) in [5.41, 5.74) is 2.91. The molecule has 1 heterocycles. The Morgan fingerprint density at radius 2 is 1.84 bits per heavy atom. The van der Waals surface area contributed by atoms with E-state index in [0.717, 1.165) is 19.9 Å². The number of carbonyl (C=O) groups is 2. The molecule has 3 N–H and O–H groups in total. The molecule has 3 rings (SSSR count). The van der Waals surface area contributed by atoms with Gasteiger partial charge in [0.1, 0.15) is 0 Å². The van der Waals surface area contributed by atoms with Crippen molar-refractivity contribution in [1.29, 1.82) is 0 Å². The Balaban J connectivity index is 1.73. The monoisotopic (exact) mass is 372 g/mol. The van der Waals surface area contributed by atoms with Crippen molar-refractivity contribution < 1.29 is 14.8 Å². The minimum atomic E-state index is -0.405. The highest BCUT2D eigenvalue weighted by molar-refractivity contribution is 7.80. The quantitative estimate of drug-likeness (QED) is 0.312. The van der Waals surface area contributed by atoms with Crippen LogP contribution in [0.1, 0.15) is 21.7 Å². The molecule has 2 amide bonds. The van der Waals surface area contributed by atoms with Gasteiger partial charge in [0.05, 0.1) is 0 Å². The van der Waals surface area contributed by atoms with Gasteiger partial charge in [0.15, 0.2) is 0 Å². The molecule has 7 heteroatoms. The first-order valence-electron chi connectivity index (χ1n) is 7.61. The number of thiophene rings is 1. The summed E-state index contributed by atoms with van der Waals surface area (Å²) in [6, 6.07) is 14.7. The Hall–Kier alpha value is -2.35. The largest absolute Gasteiger partial charge is 0.322 e. The predicted molar refractivity (Wildman–Crippen MR) is 102 cm³/mol. The highest BCUT2D eigenvalue weighted by atomic mass is 32.1. The molecule has 0 atom stereocenters. The van der Waals surface area contributed by atoms with E-state index in [2.05, 4.69) is 17.9 Å². The van der Waals surface area contributed by atoms with Gasteiger partial charge in [-0.2, -0.15) is 0 Å². The number of hydrogen-bond acceptors (Lipinski definition) is 5. The van der Waals surface area contributed by atoms with Crippen molar-refractivity contribution in [2.75, 3.05) is 5.32 Å². The van der Waals surface area contributed by atoms with Crippen molar-refractivity contribution in [3.05, 3.63) is 59.0 Å². The minimum Gasteiger partial charge on any atom is -0.322 e. The zero-order valence-electron chi connectivity index (χ0n) is 13.2. The number of carbonyl (C=O) groups excluding carboxylic acids is 2. The van der Waals surface area contributed by atoms with Gasteiger partial charge in [-0.3, -0.25) is 14.8 Å². The third-order valence-electron chi connectivity index (χ3n) is 3.68. The van der Waals surface area contributed by atoms with Crippen LogP contribution >= 0.6 is 24.0 Å². The Morgan fingerprint density at radius 3 is 2.56 bits per heavy atom. The molecule has 0 radical (unpaired) electrons. The maximum atomic E-state index is 12.3. The molecule has 128 valence electrons. The summed E-state index contributed by atoms with van der Waals surface area (Å²) in [6.45, 7) is 0. The third-order valence-corrected chi connectivity index (χ3v) is 5.15. The smallest absolute Gasteiger partial charge is 0.255 e. The van der Waals surface area contributed by atoms with Gasteiger partial charge in [-0.25, -0.2) is 5.48 Å². The normalized spacial score (nSPS) is 10.6. The molecule has 0 aliphatic rings.